The minimum Gasteiger partial charge on any atom is -0.462 e. The first-order valence-electron chi connectivity index (χ1n) is 10.9. The maximum atomic E-state index is 13.0. The monoisotopic (exact) mass is 378 g/mol. The molecule has 0 saturated heterocycles. The summed E-state index contributed by atoms with van der Waals surface area (Å²) >= 11 is 0. The lowest BCUT2D eigenvalue weighted by Crippen LogP contribution is -2.55. The first kappa shape index (κ1) is 20.9. The minimum atomic E-state index is -0.985. The van der Waals surface area contributed by atoms with Crippen LogP contribution in [0, 0.1) is 34.5 Å². The van der Waals surface area contributed by atoms with Gasteiger partial charge in [0.1, 0.15) is 12.7 Å². The SMILES string of the molecule is CC(C)C1=CC2CCC3C(C)(C(=O)OCC(O)CO)CCCC3(C)C2CC1. The molecule has 0 aliphatic heterocycles. The molecule has 3 aliphatic carbocycles. The highest BCUT2D eigenvalue weighted by molar-refractivity contribution is 5.77. The van der Waals surface area contributed by atoms with Gasteiger partial charge in [-0.2, -0.15) is 0 Å². The molecule has 2 fully saturated rings. The van der Waals surface area contributed by atoms with E-state index in [1.54, 1.807) is 5.57 Å². The van der Waals surface area contributed by atoms with Gasteiger partial charge in [0.05, 0.1) is 12.0 Å². The van der Waals surface area contributed by atoms with Crippen LogP contribution in [0.15, 0.2) is 11.6 Å². The zero-order chi connectivity index (χ0) is 19.8. The van der Waals surface area contributed by atoms with Crippen molar-refractivity contribution < 1.29 is 19.7 Å². The standard InChI is InChI=1S/C23H38O4/c1-15(2)16-6-8-19-17(12-16)7-9-20-22(19,3)10-5-11-23(20,4)21(26)27-14-18(25)13-24/h12,15,17-20,24-25H,5-11,13-14H2,1-4H3. The van der Waals surface area contributed by atoms with Crippen LogP contribution in [0.3, 0.4) is 0 Å². The largest absolute Gasteiger partial charge is 0.462 e. The molecule has 2 saturated carbocycles. The van der Waals surface area contributed by atoms with Crippen molar-refractivity contribution in [3.8, 4) is 0 Å². The van der Waals surface area contributed by atoms with Crippen LogP contribution in [0.25, 0.3) is 0 Å². The van der Waals surface area contributed by atoms with Crippen LogP contribution >= 0.6 is 0 Å². The highest BCUT2D eigenvalue weighted by Crippen LogP contribution is 2.63. The number of carbonyl (C=O) groups excluding carboxylic acids is 1. The molecule has 6 atom stereocenters. The Bertz CT molecular complexity index is 583. The maximum Gasteiger partial charge on any atom is 0.312 e. The van der Waals surface area contributed by atoms with Gasteiger partial charge >= 0.3 is 5.97 Å². The number of esters is 1. The fourth-order valence-corrected chi connectivity index (χ4v) is 6.59. The van der Waals surface area contributed by atoms with Crippen molar-refractivity contribution in [2.24, 2.45) is 34.5 Å². The molecule has 0 aromatic heterocycles. The van der Waals surface area contributed by atoms with Gasteiger partial charge in [-0.15, -0.1) is 0 Å². The van der Waals surface area contributed by atoms with Crippen LogP contribution in [0.2, 0.25) is 0 Å². The fraction of sp³-hybridized carbons (Fsp3) is 0.870. The number of aliphatic hydroxyl groups excluding tert-OH is 2. The Morgan fingerprint density at radius 3 is 2.67 bits per heavy atom. The molecule has 0 bridgehead atoms. The van der Waals surface area contributed by atoms with Gasteiger partial charge < -0.3 is 14.9 Å². The molecular formula is C23H38O4. The molecule has 0 aromatic carbocycles. The zero-order valence-electron chi connectivity index (χ0n) is 17.5. The molecule has 4 nitrogen and oxygen atoms in total. The number of allylic oxidation sites excluding steroid dienone is 2. The molecule has 0 aromatic rings. The number of ether oxygens (including phenoxy) is 1. The second kappa shape index (κ2) is 7.87. The van der Waals surface area contributed by atoms with E-state index in [-0.39, 0.29) is 24.6 Å². The minimum absolute atomic E-state index is 0.110. The molecule has 154 valence electrons. The van der Waals surface area contributed by atoms with E-state index in [2.05, 4.69) is 33.8 Å². The van der Waals surface area contributed by atoms with Crippen LogP contribution in [-0.2, 0) is 9.53 Å². The average Bonchev–Trinajstić information content (AvgIpc) is 2.65. The molecule has 6 unspecified atom stereocenters. The Morgan fingerprint density at radius 2 is 2.00 bits per heavy atom. The van der Waals surface area contributed by atoms with Crippen molar-refractivity contribution in [3.05, 3.63) is 11.6 Å². The second-order valence-electron chi connectivity index (χ2n) is 10.0. The molecule has 0 radical (unpaired) electrons. The Kier molecular flexibility index (Phi) is 6.08. The van der Waals surface area contributed by atoms with Crippen molar-refractivity contribution in [2.45, 2.75) is 78.7 Å². The molecular weight excluding hydrogens is 340 g/mol. The zero-order valence-corrected chi connectivity index (χ0v) is 17.5. The summed E-state index contributed by atoms with van der Waals surface area (Å²) in [6, 6.07) is 0. The van der Waals surface area contributed by atoms with Gasteiger partial charge in [-0.1, -0.05) is 38.8 Å². The predicted octanol–water partition coefficient (Wildman–Crippen LogP) is 4.10. The van der Waals surface area contributed by atoms with E-state index >= 15 is 0 Å². The Labute approximate surface area is 164 Å². The fourth-order valence-electron chi connectivity index (χ4n) is 6.59. The highest BCUT2D eigenvalue weighted by Gasteiger charge is 2.59. The summed E-state index contributed by atoms with van der Waals surface area (Å²) < 4.78 is 5.45. The Morgan fingerprint density at radius 1 is 1.26 bits per heavy atom. The summed E-state index contributed by atoms with van der Waals surface area (Å²) in [6.45, 7) is 8.62. The molecule has 0 amide bonds. The third-order valence-corrected chi connectivity index (χ3v) is 8.13. The number of rotatable bonds is 5. The third kappa shape index (κ3) is 3.72. The Balaban J connectivity index is 1.80. The first-order chi connectivity index (χ1) is 12.7. The van der Waals surface area contributed by atoms with Crippen LogP contribution < -0.4 is 0 Å². The summed E-state index contributed by atoms with van der Waals surface area (Å²) in [4.78, 5) is 13.0. The quantitative estimate of drug-likeness (QED) is 0.558. The van der Waals surface area contributed by atoms with Gasteiger partial charge in [0.15, 0.2) is 0 Å². The topological polar surface area (TPSA) is 66.8 Å². The van der Waals surface area contributed by atoms with Crippen molar-refractivity contribution in [1.29, 1.82) is 0 Å². The van der Waals surface area contributed by atoms with E-state index in [1.165, 1.54) is 25.7 Å². The number of hydrogen-bond acceptors (Lipinski definition) is 4. The summed E-state index contributed by atoms with van der Waals surface area (Å²) in [5.74, 6) is 2.12. The van der Waals surface area contributed by atoms with E-state index < -0.39 is 11.5 Å². The van der Waals surface area contributed by atoms with Crippen molar-refractivity contribution >= 4 is 5.97 Å². The van der Waals surface area contributed by atoms with Gasteiger partial charge in [0.25, 0.3) is 0 Å². The number of fused-ring (bicyclic) bond motifs is 3. The number of hydrogen-bond donors (Lipinski definition) is 2. The second-order valence-corrected chi connectivity index (χ2v) is 10.0. The van der Waals surface area contributed by atoms with E-state index in [4.69, 9.17) is 9.84 Å². The molecule has 0 heterocycles. The number of carbonyl (C=O) groups is 1. The predicted molar refractivity (Wildman–Crippen MR) is 106 cm³/mol. The molecule has 2 N–H and O–H groups in total. The van der Waals surface area contributed by atoms with Gasteiger partial charge in [0, 0.05) is 0 Å². The van der Waals surface area contributed by atoms with Crippen LogP contribution in [0.5, 0.6) is 0 Å². The maximum absolute atomic E-state index is 13.0. The molecule has 3 rings (SSSR count). The molecule has 4 heteroatoms. The summed E-state index contributed by atoms with van der Waals surface area (Å²) in [6.07, 6.45) is 9.41. The van der Waals surface area contributed by atoms with Gasteiger partial charge in [-0.05, 0) is 74.5 Å². The normalized spacial score (nSPS) is 40.0. The van der Waals surface area contributed by atoms with Gasteiger partial charge in [-0.25, -0.2) is 0 Å². The van der Waals surface area contributed by atoms with Crippen LogP contribution in [-0.4, -0.2) is 35.5 Å². The smallest absolute Gasteiger partial charge is 0.312 e. The van der Waals surface area contributed by atoms with E-state index in [1.807, 2.05) is 0 Å². The van der Waals surface area contributed by atoms with E-state index in [0.717, 1.165) is 19.3 Å². The average molecular weight is 379 g/mol. The van der Waals surface area contributed by atoms with E-state index in [0.29, 0.717) is 23.7 Å². The lowest BCUT2D eigenvalue weighted by Gasteiger charge is -2.59. The number of aliphatic hydroxyl groups is 2. The van der Waals surface area contributed by atoms with Crippen molar-refractivity contribution in [2.75, 3.05) is 13.2 Å². The van der Waals surface area contributed by atoms with Gasteiger partial charge in [0.2, 0.25) is 0 Å². The Hall–Kier alpha value is -0.870. The molecule has 0 spiro atoms. The lowest BCUT2D eigenvalue weighted by molar-refractivity contribution is -0.178. The van der Waals surface area contributed by atoms with Crippen LogP contribution in [0.1, 0.15) is 72.6 Å². The molecule has 3 aliphatic rings. The van der Waals surface area contributed by atoms with Crippen LogP contribution in [0.4, 0.5) is 0 Å². The third-order valence-electron chi connectivity index (χ3n) is 8.13. The summed E-state index contributed by atoms with van der Waals surface area (Å²) in [7, 11) is 0. The van der Waals surface area contributed by atoms with Crippen molar-refractivity contribution in [3.63, 3.8) is 0 Å². The first-order valence-corrected chi connectivity index (χ1v) is 10.9. The van der Waals surface area contributed by atoms with Gasteiger partial charge in [-0.3, -0.25) is 4.79 Å². The van der Waals surface area contributed by atoms with E-state index in [9.17, 15) is 9.90 Å². The highest BCUT2D eigenvalue weighted by atomic mass is 16.5. The lowest BCUT2D eigenvalue weighted by atomic mass is 9.44. The summed E-state index contributed by atoms with van der Waals surface area (Å²) in [5.41, 5.74) is 1.33. The van der Waals surface area contributed by atoms with Crippen molar-refractivity contribution in [1.82, 2.24) is 0 Å². The summed E-state index contributed by atoms with van der Waals surface area (Å²) in [5, 5.41) is 18.6. The molecule has 27 heavy (non-hydrogen) atoms.